The summed E-state index contributed by atoms with van der Waals surface area (Å²) in [6, 6.07) is 8.41. The minimum atomic E-state index is -0.958. The monoisotopic (exact) mass is 388 g/mol. The topological polar surface area (TPSA) is 59.7 Å². The van der Waals surface area contributed by atoms with Gasteiger partial charge >= 0.3 is 5.97 Å². The van der Waals surface area contributed by atoms with Crippen molar-refractivity contribution in [3.8, 4) is 0 Å². The third-order valence-corrected chi connectivity index (χ3v) is 3.72. The lowest BCUT2D eigenvalue weighted by molar-refractivity contribution is 0.0558. The summed E-state index contributed by atoms with van der Waals surface area (Å²) in [6.45, 7) is 0. The molecule has 1 N–H and O–H groups in total. The fourth-order valence-electron chi connectivity index (χ4n) is 1.59. The fourth-order valence-corrected chi connectivity index (χ4v) is 2.85. The smallest absolute Gasteiger partial charge is 0.373 e. The van der Waals surface area contributed by atoms with E-state index in [-0.39, 0.29) is 11.5 Å². The molecule has 0 amide bonds. The number of hydrogen-bond acceptors (Lipinski definition) is 4. The Hall–Kier alpha value is -1.11. The van der Waals surface area contributed by atoms with Gasteiger partial charge in [0.2, 0.25) is 5.76 Å². The van der Waals surface area contributed by atoms with Crippen LogP contribution < -0.4 is 0 Å². The molecule has 0 aliphatic rings. The molecule has 0 saturated heterocycles. The van der Waals surface area contributed by atoms with Crippen molar-refractivity contribution in [1.29, 1.82) is 0 Å². The standard InChI is InChI=1S/C13H10Br2O4/c1-18-13(17)11-5-4-10(19-11)12(16)8-3-2-7(14)6-9(8)15/h2-6,12,16H,1H3. The van der Waals surface area contributed by atoms with Crippen LogP contribution in [0.1, 0.15) is 28.0 Å². The largest absolute Gasteiger partial charge is 0.463 e. The number of carbonyl (C=O) groups excluding carboxylic acids is 1. The Bertz CT molecular complexity index is 606. The first-order valence-electron chi connectivity index (χ1n) is 5.34. The van der Waals surface area contributed by atoms with Crippen LogP contribution in [0.25, 0.3) is 0 Å². The summed E-state index contributed by atoms with van der Waals surface area (Å²) in [5.74, 6) is -0.235. The number of halogens is 2. The number of furan rings is 1. The van der Waals surface area contributed by atoms with Gasteiger partial charge in [0, 0.05) is 14.5 Å². The molecule has 1 aromatic carbocycles. The highest BCUT2D eigenvalue weighted by Gasteiger charge is 2.20. The Morgan fingerprint density at radius 2 is 2.05 bits per heavy atom. The summed E-state index contributed by atoms with van der Waals surface area (Å²) in [5, 5.41) is 10.2. The Morgan fingerprint density at radius 3 is 2.68 bits per heavy atom. The highest BCUT2D eigenvalue weighted by atomic mass is 79.9. The first-order valence-corrected chi connectivity index (χ1v) is 6.92. The van der Waals surface area contributed by atoms with Crippen LogP contribution in [0.3, 0.4) is 0 Å². The molecule has 1 heterocycles. The normalized spacial score (nSPS) is 12.2. The van der Waals surface area contributed by atoms with Crippen molar-refractivity contribution in [3.63, 3.8) is 0 Å². The average Bonchev–Trinajstić information content (AvgIpc) is 2.86. The lowest BCUT2D eigenvalue weighted by Gasteiger charge is -2.10. The van der Waals surface area contributed by atoms with Crippen LogP contribution in [0.15, 0.2) is 43.7 Å². The quantitative estimate of drug-likeness (QED) is 0.813. The van der Waals surface area contributed by atoms with E-state index >= 15 is 0 Å². The summed E-state index contributed by atoms with van der Waals surface area (Å²) in [5.41, 5.74) is 0.647. The molecule has 4 nitrogen and oxygen atoms in total. The van der Waals surface area contributed by atoms with Crippen molar-refractivity contribution in [3.05, 3.63) is 56.4 Å². The van der Waals surface area contributed by atoms with E-state index in [1.54, 1.807) is 12.1 Å². The van der Waals surface area contributed by atoms with Crippen molar-refractivity contribution >= 4 is 37.8 Å². The summed E-state index contributed by atoms with van der Waals surface area (Å²) in [7, 11) is 1.27. The summed E-state index contributed by atoms with van der Waals surface area (Å²) < 4.78 is 11.5. The van der Waals surface area contributed by atoms with E-state index in [0.29, 0.717) is 5.56 Å². The molecule has 1 aromatic heterocycles. The van der Waals surface area contributed by atoms with Crippen molar-refractivity contribution in [2.24, 2.45) is 0 Å². The third-order valence-electron chi connectivity index (χ3n) is 2.54. The summed E-state index contributed by atoms with van der Waals surface area (Å²) >= 11 is 6.71. The number of methoxy groups -OCH3 is 1. The predicted octanol–water partition coefficient (Wildman–Crippen LogP) is 3.67. The molecule has 1 atom stereocenters. The lowest BCUT2D eigenvalue weighted by Crippen LogP contribution is -2.01. The minimum absolute atomic E-state index is 0.0600. The zero-order valence-corrected chi connectivity index (χ0v) is 13.1. The molecule has 2 rings (SSSR count). The SMILES string of the molecule is COC(=O)c1ccc(C(O)c2ccc(Br)cc2Br)o1. The second-order valence-corrected chi connectivity index (χ2v) is 5.53. The number of benzene rings is 1. The maximum atomic E-state index is 11.3. The Kier molecular flexibility index (Phi) is 4.44. The van der Waals surface area contributed by atoms with Crippen LogP contribution in [0.4, 0.5) is 0 Å². The van der Waals surface area contributed by atoms with Gasteiger partial charge in [-0.25, -0.2) is 4.79 Å². The van der Waals surface area contributed by atoms with Gasteiger partial charge in [0.1, 0.15) is 11.9 Å². The Labute approximate surface area is 126 Å². The minimum Gasteiger partial charge on any atom is -0.463 e. The van der Waals surface area contributed by atoms with Gasteiger partial charge in [-0.2, -0.15) is 0 Å². The van der Waals surface area contributed by atoms with Crippen LogP contribution in [-0.4, -0.2) is 18.2 Å². The van der Waals surface area contributed by atoms with E-state index < -0.39 is 12.1 Å². The number of aliphatic hydroxyl groups excluding tert-OH is 1. The molecule has 0 bridgehead atoms. The number of ether oxygens (including phenoxy) is 1. The first kappa shape index (κ1) is 14.3. The zero-order chi connectivity index (χ0) is 14.0. The molecular formula is C13H10Br2O4. The van der Waals surface area contributed by atoms with Crippen LogP contribution in [0.5, 0.6) is 0 Å². The maximum Gasteiger partial charge on any atom is 0.373 e. The molecule has 1 unspecified atom stereocenters. The van der Waals surface area contributed by atoms with Crippen LogP contribution >= 0.6 is 31.9 Å². The van der Waals surface area contributed by atoms with Crippen molar-refractivity contribution < 1.29 is 19.1 Å². The fraction of sp³-hybridized carbons (Fsp3) is 0.154. The number of aliphatic hydroxyl groups is 1. The van der Waals surface area contributed by atoms with E-state index in [1.807, 2.05) is 12.1 Å². The summed E-state index contributed by atoms with van der Waals surface area (Å²) in [6.07, 6.45) is -0.958. The molecule has 0 spiro atoms. The second-order valence-electron chi connectivity index (χ2n) is 3.76. The van der Waals surface area contributed by atoms with Gasteiger partial charge in [0.15, 0.2) is 0 Å². The third kappa shape index (κ3) is 3.08. The molecule has 19 heavy (non-hydrogen) atoms. The molecule has 0 aliphatic carbocycles. The number of rotatable bonds is 3. The lowest BCUT2D eigenvalue weighted by atomic mass is 10.1. The van der Waals surface area contributed by atoms with Gasteiger partial charge in [-0.3, -0.25) is 0 Å². The maximum absolute atomic E-state index is 11.3. The molecule has 0 radical (unpaired) electrons. The summed E-state index contributed by atoms with van der Waals surface area (Å²) in [4.78, 5) is 11.3. The highest BCUT2D eigenvalue weighted by molar-refractivity contribution is 9.11. The number of carbonyl (C=O) groups is 1. The molecule has 0 saturated carbocycles. The van der Waals surface area contributed by atoms with Crippen LogP contribution in [-0.2, 0) is 4.74 Å². The van der Waals surface area contributed by atoms with E-state index in [9.17, 15) is 9.90 Å². The van der Waals surface area contributed by atoms with E-state index in [2.05, 4.69) is 36.6 Å². The second kappa shape index (κ2) is 5.90. The van der Waals surface area contributed by atoms with Gasteiger partial charge in [-0.15, -0.1) is 0 Å². The Balaban J connectivity index is 2.31. The number of esters is 1. The van der Waals surface area contributed by atoms with Gasteiger partial charge in [0.05, 0.1) is 7.11 Å². The molecule has 100 valence electrons. The molecular weight excluding hydrogens is 380 g/mol. The van der Waals surface area contributed by atoms with Gasteiger partial charge in [0.25, 0.3) is 0 Å². The van der Waals surface area contributed by atoms with Crippen molar-refractivity contribution in [1.82, 2.24) is 0 Å². The van der Waals surface area contributed by atoms with Gasteiger partial charge in [-0.1, -0.05) is 37.9 Å². The molecule has 2 aromatic rings. The zero-order valence-electron chi connectivity index (χ0n) is 9.89. The Morgan fingerprint density at radius 1 is 1.32 bits per heavy atom. The van der Waals surface area contributed by atoms with Gasteiger partial charge < -0.3 is 14.3 Å². The van der Waals surface area contributed by atoms with E-state index in [0.717, 1.165) is 8.95 Å². The average molecular weight is 390 g/mol. The van der Waals surface area contributed by atoms with E-state index in [1.165, 1.54) is 13.2 Å². The van der Waals surface area contributed by atoms with Crippen LogP contribution in [0.2, 0.25) is 0 Å². The van der Waals surface area contributed by atoms with Gasteiger partial charge in [-0.05, 0) is 24.3 Å². The van der Waals surface area contributed by atoms with E-state index in [4.69, 9.17) is 4.42 Å². The predicted molar refractivity (Wildman–Crippen MR) is 76.0 cm³/mol. The molecule has 0 aliphatic heterocycles. The van der Waals surface area contributed by atoms with Crippen molar-refractivity contribution in [2.45, 2.75) is 6.10 Å². The molecule has 0 fully saturated rings. The first-order chi connectivity index (χ1) is 9.02. The van der Waals surface area contributed by atoms with Crippen LogP contribution in [0, 0.1) is 0 Å². The van der Waals surface area contributed by atoms with Crippen molar-refractivity contribution in [2.75, 3.05) is 7.11 Å². The number of hydrogen-bond donors (Lipinski definition) is 1. The molecule has 6 heteroatoms. The highest BCUT2D eigenvalue weighted by Crippen LogP contribution is 2.31.